The molecule has 0 saturated heterocycles. The van der Waals surface area contributed by atoms with Gasteiger partial charge in [-0.15, -0.1) is 0 Å². The first-order valence-corrected chi connectivity index (χ1v) is 8.69. The van der Waals surface area contributed by atoms with Crippen molar-refractivity contribution in [2.45, 2.75) is 10.9 Å². The summed E-state index contributed by atoms with van der Waals surface area (Å²) in [5, 5.41) is 0.781. The van der Waals surface area contributed by atoms with Crippen molar-refractivity contribution in [1.82, 2.24) is 9.66 Å². The lowest BCUT2D eigenvalue weighted by Crippen LogP contribution is -2.15. The molecule has 24 heavy (non-hydrogen) atoms. The van der Waals surface area contributed by atoms with Gasteiger partial charge >= 0.3 is 0 Å². The van der Waals surface area contributed by atoms with Crippen LogP contribution in [-0.2, 0) is 5.75 Å². The van der Waals surface area contributed by atoms with Crippen molar-refractivity contribution in [2.75, 3.05) is 19.1 Å². The molecule has 0 saturated carbocycles. The highest BCUT2D eigenvalue weighted by molar-refractivity contribution is 7.98. The zero-order valence-electron chi connectivity index (χ0n) is 13.0. The summed E-state index contributed by atoms with van der Waals surface area (Å²) in [6, 6.07) is 16.0. The molecular formula is C18H17N3O2S. The molecule has 0 bridgehead atoms. The Kier molecular flexibility index (Phi) is 4.04. The number of rotatable bonds is 4. The van der Waals surface area contributed by atoms with Crippen molar-refractivity contribution in [3.63, 3.8) is 0 Å². The lowest BCUT2D eigenvalue weighted by Gasteiger charge is -2.18. The third-order valence-electron chi connectivity index (χ3n) is 3.74. The second-order valence-corrected chi connectivity index (χ2v) is 6.39. The number of thioether (sulfide) groups is 1. The Bertz CT molecular complexity index is 849. The Morgan fingerprint density at radius 1 is 1.04 bits per heavy atom. The van der Waals surface area contributed by atoms with Gasteiger partial charge in [-0.2, -0.15) is 0 Å². The van der Waals surface area contributed by atoms with E-state index >= 15 is 0 Å². The first kappa shape index (κ1) is 15.0. The van der Waals surface area contributed by atoms with E-state index in [0.29, 0.717) is 13.2 Å². The van der Waals surface area contributed by atoms with Crippen LogP contribution >= 0.6 is 11.8 Å². The highest BCUT2D eigenvalue weighted by Crippen LogP contribution is 2.33. The van der Waals surface area contributed by atoms with Gasteiger partial charge in [0.1, 0.15) is 13.2 Å². The molecule has 1 aromatic heterocycles. The van der Waals surface area contributed by atoms with Gasteiger partial charge in [-0.1, -0.05) is 48.2 Å². The molecule has 0 fully saturated rings. The Balaban J connectivity index is 1.49. The first-order chi connectivity index (χ1) is 11.8. The third kappa shape index (κ3) is 3.05. The quantitative estimate of drug-likeness (QED) is 0.583. The van der Waals surface area contributed by atoms with Gasteiger partial charge in [0.15, 0.2) is 16.7 Å². The zero-order chi connectivity index (χ0) is 16.4. The largest absolute Gasteiger partial charge is 0.486 e. The highest BCUT2D eigenvalue weighted by Gasteiger charge is 2.13. The van der Waals surface area contributed by atoms with E-state index in [1.54, 1.807) is 16.4 Å². The molecule has 0 aliphatic carbocycles. The number of hydrogen-bond donors (Lipinski definition) is 1. The van der Waals surface area contributed by atoms with Crippen molar-refractivity contribution in [2.24, 2.45) is 0 Å². The average Bonchev–Trinajstić information content (AvgIpc) is 3.01. The second kappa shape index (κ2) is 6.49. The monoisotopic (exact) mass is 339 g/mol. The van der Waals surface area contributed by atoms with Crippen LogP contribution in [0.3, 0.4) is 0 Å². The van der Waals surface area contributed by atoms with Gasteiger partial charge in [-0.3, -0.25) is 0 Å². The van der Waals surface area contributed by atoms with Crippen LogP contribution in [0.5, 0.6) is 11.5 Å². The van der Waals surface area contributed by atoms with Crippen LogP contribution < -0.4 is 15.3 Å². The molecule has 0 atom stereocenters. The maximum Gasteiger partial charge on any atom is 0.187 e. The SMILES string of the molecule is Nn1cc(-c2ccccc2)nc1SCc1ccc2c(c1)OCCO2. The first-order valence-electron chi connectivity index (χ1n) is 7.71. The van der Waals surface area contributed by atoms with E-state index in [-0.39, 0.29) is 0 Å². The minimum absolute atomic E-state index is 0.594. The van der Waals surface area contributed by atoms with Crippen molar-refractivity contribution in [3.05, 3.63) is 60.3 Å². The van der Waals surface area contributed by atoms with Gasteiger partial charge in [0.05, 0.1) is 11.9 Å². The Hall–Kier alpha value is -2.60. The number of nitrogens with two attached hydrogens (primary N) is 1. The van der Waals surface area contributed by atoms with E-state index in [1.165, 1.54) is 0 Å². The molecule has 122 valence electrons. The summed E-state index contributed by atoms with van der Waals surface area (Å²) < 4.78 is 12.7. The predicted octanol–water partition coefficient (Wildman–Crippen LogP) is 3.33. The lowest BCUT2D eigenvalue weighted by molar-refractivity contribution is 0.171. The minimum Gasteiger partial charge on any atom is -0.486 e. The number of aromatic nitrogens is 2. The molecule has 0 radical (unpaired) electrons. The van der Waals surface area contributed by atoms with Crippen LogP contribution in [0.25, 0.3) is 11.3 Å². The zero-order valence-corrected chi connectivity index (χ0v) is 13.8. The summed E-state index contributed by atoms with van der Waals surface area (Å²) in [4.78, 5) is 4.63. The van der Waals surface area contributed by atoms with E-state index in [1.807, 2.05) is 54.7 Å². The number of imidazole rings is 1. The number of nitrogen functional groups attached to an aromatic ring is 1. The summed E-state index contributed by atoms with van der Waals surface area (Å²) in [6.07, 6.45) is 1.85. The third-order valence-corrected chi connectivity index (χ3v) is 4.78. The smallest absolute Gasteiger partial charge is 0.187 e. The molecule has 2 N–H and O–H groups in total. The lowest BCUT2D eigenvalue weighted by atomic mass is 10.2. The molecule has 3 aromatic rings. The van der Waals surface area contributed by atoms with E-state index in [4.69, 9.17) is 15.3 Å². The summed E-state index contributed by atoms with van der Waals surface area (Å²) >= 11 is 1.60. The van der Waals surface area contributed by atoms with Gasteiger partial charge in [0, 0.05) is 11.3 Å². The van der Waals surface area contributed by atoms with Crippen LogP contribution in [0, 0.1) is 0 Å². The molecule has 2 heterocycles. The van der Waals surface area contributed by atoms with E-state index in [2.05, 4.69) is 4.98 Å². The second-order valence-electron chi connectivity index (χ2n) is 5.45. The molecule has 6 heteroatoms. The van der Waals surface area contributed by atoms with Gasteiger partial charge in [0.2, 0.25) is 0 Å². The number of fused-ring (bicyclic) bond motifs is 1. The van der Waals surface area contributed by atoms with E-state index < -0.39 is 0 Å². The standard InChI is InChI=1S/C18H17N3O2S/c19-21-11-15(14-4-2-1-3-5-14)20-18(21)24-12-13-6-7-16-17(10-13)23-9-8-22-16/h1-7,10-11H,8-9,12,19H2. The maximum atomic E-state index is 6.04. The molecule has 1 aliphatic rings. The van der Waals surface area contributed by atoms with E-state index in [0.717, 1.165) is 39.2 Å². The number of hydrogen-bond acceptors (Lipinski definition) is 5. The molecule has 4 rings (SSSR count). The molecule has 1 aliphatic heterocycles. The van der Waals surface area contributed by atoms with Gasteiger partial charge in [-0.25, -0.2) is 9.66 Å². The Morgan fingerprint density at radius 2 is 1.83 bits per heavy atom. The Labute approximate surface area is 144 Å². The molecular weight excluding hydrogens is 322 g/mol. The molecule has 0 unspecified atom stereocenters. The van der Waals surface area contributed by atoms with Crippen LogP contribution in [0.2, 0.25) is 0 Å². The van der Waals surface area contributed by atoms with Crippen LogP contribution in [0.1, 0.15) is 5.56 Å². The molecule has 0 spiro atoms. The van der Waals surface area contributed by atoms with Crippen molar-refractivity contribution < 1.29 is 9.47 Å². The summed E-state index contributed by atoms with van der Waals surface area (Å²) in [5.74, 6) is 8.42. The maximum absolute atomic E-state index is 6.04. The van der Waals surface area contributed by atoms with Gasteiger partial charge in [-0.05, 0) is 17.7 Å². The average molecular weight is 339 g/mol. The minimum atomic E-state index is 0.594. The molecule has 2 aromatic carbocycles. The van der Waals surface area contributed by atoms with Gasteiger partial charge < -0.3 is 15.3 Å². The van der Waals surface area contributed by atoms with Crippen LogP contribution in [-0.4, -0.2) is 22.9 Å². The fourth-order valence-electron chi connectivity index (χ4n) is 2.56. The van der Waals surface area contributed by atoms with Crippen molar-refractivity contribution >= 4 is 11.8 Å². The number of nitrogens with zero attached hydrogens (tertiary/aromatic N) is 2. The van der Waals surface area contributed by atoms with Crippen molar-refractivity contribution in [3.8, 4) is 22.8 Å². The number of benzene rings is 2. The summed E-state index contributed by atoms with van der Waals surface area (Å²) in [7, 11) is 0. The topological polar surface area (TPSA) is 62.3 Å². The molecule has 0 amide bonds. The fraction of sp³-hybridized carbons (Fsp3) is 0.167. The predicted molar refractivity (Wildman–Crippen MR) is 94.8 cm³/mol. The number of ether oxygens (including phenoxy) is 2. The van der Waals surface area contributed by atoms with Gasteiger partial charge in [0.25, 0.3) is 0 Å². The summed E-state index contributed by atoms with van der Waals surface area (Å²) in [6.45, 7) is 1.20. The summed E-state index contributed by atoms with van der Waals surface area (Å²) in [5.41, 5.74) is 3.08. The van der Waals surface area contributed by atoms with E-state index in [9.17, 15) is 0 Å². The normalized spacial score (nSPS) is 13.0. The fourth-order valence-corrected chi connectivity index (χ4v) is 3.40. The Morgan fingerprint density at radius 3 is 2.67 bits per heavy atom. The van der Waals surface area contributed by atoms with Crippen molar-refractivity contribution in [1.29, 1.82) is 0 Å². The molecule has 5 nitrogen and oxygen atoms in total. The van der Waals surface area contributed by atoms with Crippen LogP contribution in [0.4, 0.5) is 0 Å². The highest BCUT2D eigenvalue weighted by atomic mass is 32.2. The van der Waals surface area contributed by atoms with Crippen LogP contribution in [0.15, 0.2) is 59.9 Å².